The van der Waals surface area contributed by atoms with Crippen molar-refractivity contribution in [1.29, 1.82) is 0 Å². The van der Waals surface area contributed by atoms with E-state index < -0.39 is 11.6 Å². The van der Waals surface area contributed by atoms with E-state index in [1.54, 1.807) is 13.1 Å². The van der Waals surface area contributed by atoms with Crippen LogP contribution in [0.1, 0.15) is 62.4 Å². The maximum absolute atomic E-state index is 13.5. The number of benzene rings is 3. The van der Waals surface area contributed by atoms with E-state index in [-0.39, 0.29) is 11.3 Å². The van der Waals surface area contributed by atoms with E-state index in [0.717, 1.165) is 33.6 Å². The highest BCUT2D eigenvalue weighted by atomic mass is 16.6. The van der Waals surface area contributed by atoms with Gasteiger partial charge in [-0.1, -0.05) is 38.1 Å². The molecule has 0 fully saturated rings. The molecular formula is C29H31N3O3. The van der Waals surface area contributed by atoms with Crippen LogP contribution in [-0.2, 0) is 15.8 Å². The topological polar surface area (TPSA) is 61.9 Å². The second-order valence-corrected chi connectivity index (χ2v) is 10.3. The maximum Gasteiger partial charge on any atom is 0.340 e. The highest BCUT2D eigenvalue weighted by Gasteiger charge is 2.56. The zero-order valence-electron chi connectivity index (χ0n) is 21.3. The van der Waals surface area contributed by atoms with Crippen LogP contribution in [0.2, 0.25) is 0 Å². The molecule has 0 atom stereocenters. The smallest absolute Gasteiger partial charge is 0.340 e. The van der Waals surface area contributed by atoms with E-state index in [1.807, 2.05) is 40.3 Å². The number of ether oxygens (including phenoxy) is 1. The lowest BCUT2D eigenvalue weighted by Crippen LogP contribution is -2.41. The summed E-state index contributed by atoms with van der Waals surface area (Å²) in [5.74, 6) is -0.789. The standard InChI is InChI=1S/C29H31N3O3/c1-28(2)23-15-17(31(4)5)11-13-20(23)29(21-14-12-18(32(6)7)16-24(21)28)22-10-8-9-19(26(33)30-3)25(22)27(34)35-29/h8-16H,1-7H3,(H,30,33). The number of rotatable bonds is 3. The van der Waals surface area contributed by atoms with Gasteiger partial charge in [0.05, 0.1) is 11.1 Å². The van der Waals surface area contributed by atoms with Gasteiger partial charge in [-0.05, 0) is 41.5 Å². The number of fused-ring (bicyclic) bond motifs is 6. The van der Waals surface area contributed by atoms with Gasteiger partial charge in [0, 0.05) is 68.7 Å². The van der Waals surface area contributed by atoms with Crippen LogP contribution in [0.25, 0.3) is 0 Å². The van der Waals surface area contributed by atoms with Crippen LogP contribution in [0.5, 0.6) is 0 Å². The molecule has 0 radical (unpaired) electrons. The predicted molar refractivity (Wildman–Crippen MR) is 139 cm³/mol. The Kier molecular flexibility index (Phi) is 4.99. The summed E-state index contributed by atoms with van der Waals surface area (Å²) in [4.78, 5) is 30.3. The van der Waals surface area contributed by atoms with Crippen molar-refractivity contribution in [1.82, 2.24) is 5.32 Å². The van der Waals surface area contributed by atoms with Crippen LogP contribution in [0.4, 0.5) is 11.4 Å². The fourth-order valence-electron chi connectivity index (χ4n) is 5.59. The monoisotopic (exact) mass is 469 g/mol. The van der Waals surface area contributed by atoms with Crippen LogP contribution in [0.3, 0.4) is 0 Å². The summed E-state index contributed by atoms with van der Waals surface area (Å²) in [5, 5.41) is 2.66. The van der Waals surface area contributed by atoms with Crippen molar-refractivity contribution in [3.63, 3.8) is 0 Å². The number of esters is 1. The highest BCUT2D eigenvalue weighted by molar-refractivity contribution is 6.08. The SMILES string of the molecule is CNC(=O)c1cccc2c1C(=O)OC21c2ccc(N(C)C)cc2C(C)(C)c2cc(N(C)C)ccc21. The Hall–Kier alpha value is -3.80. The molecule has 6 nitrogen and oxygen atoms in total. The van der Waals surface area contributed by atoms with Crippen molar-refractivity contribution in [3.05, 3.63) is 93.5 Å². The molecule has 0 saturated heterocycles. The number of carbonyl (C=O) groups is 2. The predicted octanol–water partition coefficient (Wildman–Crippen LogP) is 4.28. The molecule has 1 aliphatic heterocycles. The summed E-state index contributed by atoms with van der Waals surface area (Å²) in [6.07, 6.45) is 0. The summed E-state index contributed by atoms with van der Waals surface area (Å²) in [7, 11) is 9.65. The second kappa shape index (κ2) is 7.60. The third-order valence-corrected chi connectivity index (χ3v) is 7.51. The van der Waals surface area contributed by atoms with Gasteiger partial charge in [0.15, 0.2) is 5.60 Å². The molecular weight excluding hydrogens is 438 g/mol. The van der Waals surface area contributed by atoms with Gasteiger partial charge >= 0.3 is 5.97 Å². The summed E-state index contributed by atoms with van der Waals surface area (Å²) in [6.45, 7) is 4.43. The zero-order valence-corrected chi connectivity index (χ0v) is 21.3. The number of hydrogen-bond acceptors (Lipinski definition) is 5. The molecule has 1 heterocycles. The third kappa shape index (κ3) is 3.02. The molecule has 35 heavy (non-hydrogen) atoms. The molecule has 1 N–H and O–H groups in total. The second-order valence-electron chi connectivity index (χ2n) is 10.3. The lowest BCUT2D eigenvalue weighted by atomic mass is 9.61. The Morgan fingerprint density at radius 2 is 1.34 bits per heavy atom. The average molecular weight is 470 g/mol. The summed E-state index contributed by atoms with van der Waals surface area (Å²) >= 11 is 0. The fourth-order valence-corrected chi connectivity index (χ4v) is 5.59. The number of amides is 1. The van der Waals surface area contributed by atoms with E-state index in [0.29, 0.717) is 16.7 Å². The van der Waals surface area contributed by atoms with Gasteiger partial charge in [-0.3, -0.25) is 4.79 Å². The molecule has 1 amide bonds. The molecule has 2 aliphatic rings. The van der Waals surface area contributed by atoms with E-state index in [9.17, 15) is 9.59 Å². The van der Waals surface area contributed by atoms with E-state index in [2.05, 4.69) is 65.4 Å². The summed E-state index contributed by atoms with van der Waals surface area (Å²) in [6, 6.07) is 18.1. The molecule has 3 aromatic carbocycles. The van der Waals surface area contributed by atoms with E-state index in [1.165, 1.54) is 0 Å². The average Bonchev–Trinajstić information content (AvgIpc) is 3.15. The zero-order chi connectivity index (χ0) is 25.3. The summed E-state index contributed by atoms with van der Waals surface area (Å²) in [5.41, 5.74) is 6.08. The minimum atomic E-state index is -1.13. The van der Waals surface area contributed by atoms with Crippen LogP contribution in [0.15, 0.2) is 54.6 Å². The lowest BCUT2D eigenvalue weighted by Gasteiger charge is -2.45. The first kappa shape index (κ1) is 23.0. The van der Waals surface area contributed by atoms with Gasteiger partial charge in [0.2, 0.25) is 0 Å². The lowest BCUT2D eigenvalue weighted by molar-refractivity contribution is 0.0230. The van der Waals surface area contributed by atoms with Gasteiger partial charge in [-0.15, -0.1) is 0 Å². The Morgan fingerprint density at radius 1 is 0.800 bits per heavy atom. The molecule has 6 heteroatoms. The number of anilines is 2. The fraction of sp³-hybridized carbons (Fsp3) is 0.310. The minimum absolute atomic E-state index is 0.307. The molecule has 0 saturated carbocycles. The van der Waals surface area contributed by atoms with Crippen LogP contribution >= 0.6 is 0 Å². The van der Waals surface area contributed by atoms with Crippen LogP contribution in [-0.4, -0.2) is 47.1 Å². The maximum atomic E-state index is 13.5. The molecule has 1 spiro atoms. The quantitative estimate of drug-likeness (QED) is 0.580. The van der Waals surface area contributed by atoms with Crippen LogP contribution in [0, 0.1) is 0 Å². The van der Waals surface area contributed by atoms with Crippen molar-refractivity contribution in [2.75, 3.05) is 45.0 Å². The van der Waals surface area contributed by atoms with Gasteiger partial charge in [0.1, 0.15) is 0 Å². The van der Waals surface area contributed by atoms with Gasteiger partial charge < -0.3 is 19.9 Å². The first-order chi connectivity index (χ1) is 16.5. The molecule has 180 valence electrons. The van der Waals surface area contributed by atoms with Gasteiger partial charge in [-0.2, -0.15) is 0 Å². The Labute approximate surface area is 206 Å². The Morgan fingerprint density at radius 3 is 1.83 bits per heavy atom. The molecule has 0 unspecified atom stereocenters. The normalized spacial score (nSPS) is 16.1. The van der Waals surface area contributed by atoms with Crippen molar-refractivity contribution in [3.8, 4) is 0 Å². The molecule has 5 rings (SSSR count). The van der Waals surface area contributed by atoms with Gasteiger partial charge in [0.25, 0.3) is 5.91 Å². The Balaban J connectivity index is 1.92. The van der Waals surface area contributed by atoms with Crippen molar-refractivity contribution < 1.29 is 14.3 Å². The van der Waals surface area contributed by atoms with Crippen LogP contribution < -0.4 is 15.1 Å². The van der Waals surface area contributed by atoms with E-state index in [4.69, 9.17) is 4.74 Å². The molecule has 1 aliphatic carbocycles. The number of nitrogens with zero attached hydrogens (tertiary/aromatic N) is 2. The van der Waals surface area contributed by atoms with Crippen molar-refractivity contribution in [2.24, 2.45) is 0 Å². The van der Waals surface area contributed by atoms with Gasteiger partial charge in [-0.25, -0.2) is 4.79 Å². The number of hydrogen-bond donors (Lipinski definition) is 1. The highest BCUT2D eigenvalue weighted by Crippen LogP contribution is 2.57. The first-order valence-electron chi connectivity index (χ1n) is 11.8. The minimum Gasteiger partial charge on any atom is -0.441 e. The largest absolute Gasteiger partial charge is 0.441 e. The van der Waals surface area contributed by atoms with E-state index >= 15 is 0 Å². The number of nitrogens with one attached hydrogen (secondary N) is 1. The molecule has 3 aromatic rings. The van der Waals surface area contributed by atoms with Crippen molar-refractivity contribution in [2.45, 2.75) is 24.9 Å². The Bertz CT molecular complexity index is 1330. The molecule has 0 aromatic heterocycles. The number of carbonyl (C=O) groups excluding carboxylic acids is 2. The summed E-state index contributed by atoms with van der Waals surface area (Å²) < 4.78 is 6.40. The third-order valence-electron chi connectivity index (χ3n) is 7.51. The van der Waals surface area contributed by atoms with Crippen molar-refractivity contribution >= 4 is 23.3 Å². The molecule has 0 bridgehead atoms. The first-order valence-corrected chi connectivity index (χ1v) is 11.8.